The molecule has 1 aromatic carbocycles. The van der Waals surface area contributed by atoms with Crippen molar-refractivity contribution in [1.29, 1.82) is 0 Å². The van der Waals surface area contributed by atoms with E-state index in [1.807, 2.05) is 0 Å². The van der Waals surface area contributed by atoms with Crippen molar-refractivity contribution in [3.63, 3.8) is 0 Å². The van der Waals surface area contributed by atoms with Gasteiger partial charge in [-0.2, -0.15) is 0 Å². The molecule has 2 rings (SSSR count). The minimum Gasteiger partial charge on any atom is -0.496 e. The number of rotatable bonds is 6. The van der Waals surface area contributed by atoms with Gasteiger partial charge in [0.15, 0.2) is 5.78 Å². The summed E-state index contributed by atoms with van der Waals surface area (Å²) in [4.78, 5) is 12.2. The summed E-state index contributed by atoms with van der Waals surface area (Å²) >= 11 is 5.93. The van der Waals surface area contributed by atoms with Gasteiger partial charge in [0.25, 0.3) is 0 Å². The molecule has 0 radical (unpaired) electrons. The van der Waals surface area contributed by atoms with E-state index in [4.69, 9.17) is 21.1 Å². The third-order valence-electron chi connectivity index (χ3n) is 3.42. The Morgan fingerprint density at radius 3 is 3.05 bits per heavy atom. The van der Waals surface area contributed by atoms with Gasteiger partial charge in [-0.1, -0.05) is 11.6 Å². The highest BCUT2D eigenvalue weighted by atomic mass is 35.5. The zero-order valence-electron chi connectivity index (χ0n) is 11.2. The standard InChI is InChI=1S/C15H19ClO3/c1-18-15-8-7-11(16)10-13(15)14(17)6-2-4-12-5-3-9-19-12/h7-8,10,12H,2-6,9H2,1H3. The molecular weight excluding hydrogens is 264 g/mol. The van der Waals surface area contributed by atoms with E-state index in [1.54, 1.807) is 25.3 Å². The van der Waals surface area contributed by atoms with Gasteiger partial charge >= 0.3 is 0 Å². The molecule has 0 aromatic heterocycles. The van der Waals surface area contributed by atoms with Crippen molar-refractivity contribution in [1.82, 2.24) is 0 Å². The van der Waals surface area contributed by atoms with Gasteiger partial charge in [-0.15, -0.1) is 0 Å². The summed E-state index contributed by atoms with van der Waals surface area (Å²) in [7, 11) is 1.56. The van der Waals surface area contributed by atoms with Gasteiger partial charge in [0.1, 0.15) is 5.75 Å². The van der Waals surface area contributed by atoms with Crippen LogP contribution in [-0.4, -0.2) is 25.6 Å². The lowest BCUT2D eigenvalue weighted by atomic mass is 10.0. The van der Waals surface area contributed by atoms with Crippen LogP contribution >= 0.6 is 11.6 Å². The predicted octanol–water partition coefficient (Wildman–Crippen LogP) is 3.88. The van der Waals surface area contributed by atoms with Gasteiger partial charge in [-0.3, -0.25) is 4.79 Å². The number of hydrogen-bond donors (Lipinski definition) is 0. The van der Waals surface area contributed by atoms with Crippen LogP contribution in [0.15, 0.2) is 18.2 Å². The number of ether oxygens (including phenoxy) is 2. The maximum Gasteiger partial charge on any atom is 0.166 e. The third kappa shape index (κ3) is 3.95. The Morgan fingerprint density at radius 1 is 1.53 bits per heavy atom. The first kappa shape index (κ1) is 14.4. The molecule has 1 aromatic rings. The number of halogens is 1. The Labute approximate surface area is 118 Å². The van der Waals surface area contributed by atoms with Gasteiger partial charge in [0, 0.05) is 18.1 Å². The first-order chi connectivity index (χ1) is 9.20. The van der Waals surface area contributed by atoms with Crippen LogP contribution in [0.3, 0.4) is 0 Å². The van der Waals surface area contributed by atoms with Crippen LogP contribution in [0, 0.1) is 0 Å². The van der Waals surface area contributed by atoms with Crippen LogP contribution in [0.5, 0.6) is 5.75 Å². The van der Waals surface area contributed by atoms with Crippen molar-refractivity contribution in [3.05, 3.63) is 28.8 Å². The molecule has 0 amide bonds. The van der Waals surface area contributed by atoms with E-state index in [0.29, 0.717) is 28.9 Å². The normalized spacial score (nSPS) is 18.5. The van der Waals surface area contributed by atoms with E-state index in [9.17, 15) is 4.79 Å². The van der Waals surface area contributed by atoms with E-state index in [1.165, 1.54) is 0 Å². The van der Waals surface area contributed by atoms with Crippen LogP contribution in [0.25, 0.3) is 0 Å². The van der Waals surface area contributed by atoms with Crippen molar-refractivity contribution in [2.24, 2.45) is 0 Å². The molecule has 4 heteroatoms. The summed E-state index contributed by atoms with van der Waals surface area (Å²) in [5, 5.41) is 0.559. The average Bonchev–Trinajstić information content (AvgIpc) is 2.91. The van der Waals surface area contributed by atoms with Crippen LogP contribution < -0.4 is 4.74 Å². The van der Waals surface area contributed by atoms with Crippen LogP contribution in [-0.2, 0) is 4.74 Å². The first-order valence-electron chi connectivity index (χ1n) is 6.69. The number of Topliss-reactive ketones (excluding diaryl/α,β-unsaturated/α-hetero) is 1. The second kappa shape index (κ2) is 6.92. The summed E-state index contributed by atoms with van der Waals surface area (Å²) < 4.78 is 10.7. The highest BCUT2D eigenvalue weighted by molar-refractivity contribution is 6.31. The molecule has 19 heavy (non-hydrogen) atoms. The average molecular weight is 283 g/mol. The monoisotopic (exact) mass is 282 g/mol. The Balaban J connectivity index is 1.89. The van der Waals surface area contributed by atoms with Crippen molar-refractivity contribution in [2.45, 2.75) is 38.2 Å². The van der Waals surface area contributed by atoms with Crippen LogP contribution in [0.2, 0.25) is 5.02 Å². The van der Waals surface area contributed by atoms with Crippen molar-refractivity contribution >= 4 is 17.4 Å². The minimum atomic E-state index is 0.0809. The summed E-state index contributed by atoms with van der Waals surface area (Å²) in [6.45, 7) is 0.862. The molecular formula is C15H19ClO3. The quantitative estimate of drug-likeness (QED) is 0.743. The molecule has 3 nitrogen and oxygen atoms in total. The van der Waals surface area contributed by atoms with Crippen molar-refractivity contribution < 1.29 is 14.3 Å². The maximum atomic E-state index is 12.2. The van der Waals surface area contributed by atoms with Crippen molar-refractivity contribution in [3.8, 4) is 5.75 Å². The maximum absolute atomic E-state index is 12.2. The minimum absolute atomic E-state index is 0.0809. The summed E-state index contributed by atoms with van der Waals surface area (Å²) in [6.07, 6.45) is 4.91. The van der Waals surface area contributed by atoms with Crippen molar-refractivity contribution in [2.75, 3.05) is 13.7 Å². The topological polar surface area (TPSA) is 35.5 Å². The number of carbonyl (C=O) groups is 1. The smallest absolute Gasteiger partial charge is 0.166 e. The fourth-order valence-electron chi connectivity index (χ4n) is 2.40. The molecule has 1 unspecified atom stereocenters. The van der Waals surface area contributed by atoms with Gasteiger partial charge in [-0.05, 0) is 43.9 Å². The first-order valence-corrected chi connectivity index (χ1v) is 7.07. The van der Waals surface area contributed by atoms with E-state index in [-0.39, 0.29) is 5.78 Å². The molecule has 1 saturated heterocycles. The van der Waals surface area contributed by atoms with E-state index >= 15 is 0 Å². The summed E-state index contributed by atoms with van der Waals surface area (Å²) in [5.41, 5.74) is 0.572. The van der Waals surface area contributed by atoms with E-state index in [2.05, 4.69) is 0 Å². The van der Waals surface area contributed by atoms with Gasteiger partial charge in [-0.25, -0.2) is 0 Å². The molecule has 0 aliphatic carbocycles. The number of methoxy groups -OCH3 is 1. The molecule has 104 valence electrons. The predicted molar refractivity (Wildman–Crippen MR) is 75.2 cm³/mol. The molecule has 1 heterocycles. The van der Waals surface area contributed by atoms with Gasteiger partial charge in [0.05, 0.1) is 18.8 Å². The summed E-state index contributed by atoms with van der Waals surface area (Å²) in [6, 6.07) is 5.13. The van der Waals surface area contributed by atoms with Gasteiger partial charge in [0.2, 0.25) is 0 Å². The highest BCUT2D eigenvalue weighted by Gasteiger charge is 2.17. The number of carbonyl (C=O) groups excluding carboxylic acids is 1. The van der Waals surface area contributed by atoms with E-state index in [0.717, 1.165) is 32.3 Å². The molecule has 1 atom stereocenters. The second-order valence-electron chi connectivity index (χ2n) is 4.80. The number of hydrogen-bond acceptors (Lipinski definition) is 3. The third-order valence-corrected chi connectivity index (χ3v) is 3.65. The fourth-order valence-corrected chi connectivity index (χ4v) is 2.57. The lowest BCUT2D eigenvalue weighted by molar-refractivity contribution is 0.0921. The fraction of sp³-hybridized carbons (Fsp3) is 0.533. The zero-order chi connectivity index (χ0) is 13.7. The summed E-state index contributed by atoms with van der Waals surface area (Å²) in [5.74, 6) is 0.670. The molecule has 1 fully saturated rings. The largest absolute Gasteiger partial charge is 0.496 e. The number of ketones is 1. The Morgan fingerprint density at radius 2 is 2.37 bits per heavy atom. The zero-order valence-corrected chi connectivity index (χ0v) is 11.9. The molecule has 0 spiro atoms. The lowest BCUT2D eigenvalue weighted by Crippen LogP contribution is -2.07. The molecule has 1 aliphatic rings. The number of benzene rings is 1. The SMILES string of the molecule is COc1ccc(Cl)cc1C(=O)CCCC1CCCO1. The second-order valence-corrected chi connectivity index (χ2v) is 5.23. The Bertz CT molecular complexity index is 439. The Hall–Kier alpha value is -1.06. The molecule has 0 bridgehead atoms. The lowest BCUT2D eigenvalue weighted by Gasteiger charge is -2.10. The van der Waals surface area contributed by atoms with Crippen LogP contribution in [0.1, 0.15) is 42.5 Å². The van der Waals surface area contributed by atoms with Gasteiger partial charge < -0.3 is 9.47 Å². The molecule has 0 N–H and O–H groups in total. The highest BCUT2D eigenvalue weighted by Crippen LogP contribution is 2.25. The van der Waals surface area contributed by atoms with E-state index < -0.39 is 0 Å². The Kier molecular flexibility index (Phi) is 5.23. The molecule has 0 saturated carbocycles. The molecule has 1 aliphatic heterocycles. The van der Waals surface area contributed by atoms with Crippen LogP contribution in [0.4, 0.5) is 0 Å².